The van der Waals surface area contributed by atoms with E-state index in [1.807, 2.05) is 24.3 Å². The molecule has 1 aromatic rings. The molecule has 1 fully saturated rings. The third kappa shape index (κ3) is 3.02. The van der Waals surface area contributed by atoms with Crippen molar-refractivity contribution in [2.45, 2.75) is 25.9 Å². The monoisotopic (exact) mass is 244 g/mol. The van der Waals surface area contributed by atoms with Crippen LogP contribution >= 0.6 is 0 Å². The summed E-state index contributed by atoms with van der Waals surface area (Å²) in [5.41, 5.74) is 0.627. The van der Waals surface area contributed by atoms with Gasteiger partial charge in [0.25, 0.3) is 0 Å². The maximum atomic E-state index is 9.07. The van der Waals surface area contributed by atoms with Crippen LogP contribution in [0.1, 0.15) is 25.3 Å². The van der Waals surface area contributed by atoms with E-state index in [2.05, 4.69) is 24.9 Å². The third-order valence-electron chi connectivity index (χ3n) is 3.55. The summed E-state index contributed by atoms with van der Waals surface area (Å²) < 4.78 is 6.07. The first-order valence-electron chi connectivity index (χ1n) is 6.55. The summed E-state index contributed by atoms with van der Waals surface area (Å²) in [7, 11) is 2.15. The molecule has 0 radical (unpaired) electrons. The summed E-state index contributed by atoms with van der Waals surface area (Å²) in [6.07, 6.45) is 2.43. The molecule has 18 heavy (non-hydrogen) atoms. The molecule has 2 rings (SSSR count). The molecule has 1 heterocycles. The van der Waals surface area contributed by atoms with E-state index in [1.165, 1.54) is 0 Å². The number of rotatable bonds is 2. The van der Waals surface area contributed by atoms with Gasteiger partial charge in [0.05, 0.1) is 5.56 Å². The highest BCUT2D eigenvalue weighted by molar-refractivity contribution is 5.42. The first-order valence-corrected chi connectivity index (χ1v) is 6.55. The molecule has 2 unspecified atom stereocenters. The Balaban J connectivity index is 2.10. The predicted molar refractivity (Wildman–Crippen MR) is 71.5 cm³/mol. The molecule has 0 spiro atoms. The van der Waals surface area contributed by atoms with Gasteiger partial charge in [-0.1, -0.05) is 19.1 Å². The Morgan fingerprint density at radius 1 is 1.39 bits per heavy atom. The fourth-order valence-electron chi connectivity index (χ4n) is 2.55. The number of para-hydroxylation sites is 1. The fraction of sp³-hybridized carbons (Fsp3) is 0.533. The molecule has 0 N–H and O–H groups in total. The Labute approximate surface area is 109 Å². The highest BCUT2D eigenvalue weighted by Crippen LogP contribution is 2.24. The molecule has 3 heteroatoms. The first kappa shape index (κ1) is 12.9. The van der Waals surface area contributed by atoms with Crippen LogP contribution in [0.4, 0.5) is 0 Å². The molecule has 1 saturated heterocycles. The largest absolute Gasteiger partial charge is 0.489 e. The highest BCUT2D eigenvalue weighted by Gasteiger charge is 2.24. The van der Waals surface area contributed by atoms with Crippen molar-refractivity contribution in [1.82, 2.24) is 4.90 Å². The van der Waals surface area contributed by atoms with Gasteiger partial charge in [0.1, 0.15) is 17.9 Å². The summed E-state index contributed by atoms with van der Waals surface area (Å²) in [5, 5.41) is 9.07. The van der Waals surface area contributed by atoms with E-state index >= 15 is 0 Å². The molecule has 0 bridgehead atoms. The number of likely N-dealkylation sites (tertiary alicyclic amines) is 1. The number of nitrogens with zero attached hydrogens (tertiary/aromatic N) is 2. The van der Waals surface area contributed by atoms with Crippen molar-refractivity contribution in [2.75, 3.05) is 20.1 Å². The van der Waals surface area contributed by atoms with Gasteiger partial charge in [-0.3, -0.25) is 0 Å². The Bertz CT molecular complexity index is 438. The van der Waals surface area contributed by atoms with E-state index < -0.39 is 0 Å². The SMILES string of the molecule is CC1CN(C)CCCC1Oc1ccccc1C#N. The lowest BCUT2D eigenvalue weighted by atomic mass is 10.0. The standard InChI is InChI=1S/C15H20N2O/c1-12-11-17(2)9-5-8-14(12)18-15-7-4-3-6-13(15)10-16/h3-4,6-7,12,14H,5,8-9,11H2,1-2H3. The van der Waals surface area contributed by atoms with Crippen LogP contribution in [0.25, 0.3) is 0 Å². The molecule has 0 amide bonds. The van der Waals surface area contributed by atoms with Crippen molar-refractivity contribution in [2.24, 2.45) is 5.92 Å². The molecule has 0 aromatic heterocycles. The van der Waals surface area contributed by atoms with Crippen molar-refractivity contribution in [3.05, 3.63) is 29.8 Å². The van der Waals surface area contributed by atoms with E-state index in [0.29, 0.717) is 11.5 Å². The van der Waals surface area contributed by atoms with Crippen LogP contribution in [0.5, 0.6) is 5.75 Å². The maximum absolute atomic E-state index is 9.07. The van der Waals surface area contributed by atoms with Crippen molar-refractivity contribution < 1.29 is 4.74 Å². The number of hydrogen-bond acceptors (Lipinski definition) is 3. The minimum atomic E-state index is 0.212. The van der Waals surface area contributed by atoms with E-state index in [-0.39, 0.29) is 6.10 Å². The summed E-state index contributed by atoms with van der Waals surface area (Å²) in [4.78, 5) is 2.35. The normalized spacial score (nSPS) is 25.2. The molecular weight excluding hydrogens is 224 g/mol. The van der Waals surface area contributed by atoms with Gasteiger partial charge in [0.2, 0.25) is 0 Å². The zero-order chi connectivity index (χ0) is 13.0. The average Bonchev–Trinajstić information content (AvgIpc) is 2.52. The summed E-state index contributed by atoms with van der Waals surface area (Å²) in [5.74, 6) is 1.21. The van der Waals surface area contributed by atoms with E-state index in [9.17, 15) is 0 Å². The minimum absolute atomic E-state index is 0.212. The van der Waals surface area contributed by atoms with E-state index in [0.717, 1.165) is 31.7 Å². The quantitative estimate of drug-likeness (QED) is 0.802. The molecule has 0 saturated carbocycles. The lowest BCUT2D eigenvalue weighted by Crippen LogP contribution is -2.30. The number of nitriles is 1. The minimum Gasteiger partial charge on any atom is -0.489 e. The van der Waals surface area contributed by atoms with Gasteiger partial charge in [0.15, 0.2) is 0 Å². The van der Waals surface area contributed by atoms with Gasteiger partial charge in [0, 0.05) is 12.5 Å². The van der Waals surface area contributed by atoms with Crippen LogP contribution in [0, 0.1) is 17.2 Å². The van der Waals surface area contributed by atoms with Gasteiger partial charge >= 0.3 is 0 Å². The Hall–Kier alpha value is -1.53. The molecule has 1 aliphatic heterocycles. The smallest absolute Gasteiger partial charge is 0.137 e. The zero-order valence-electron chi connectivity index (χ0n) is 11.1. The summed E-state index contributed by atoms with van der Waals surface area (Å²) >= 11 is 0. The highest BCUT2D eigenvalue weighted by atomic mass is 16.5. The topological polar surface area (TPSA) is 36.3 Å². The van der Waals surface area contributed by atoms with Crippen LogP contribution in [-0.4, -0.2) is 31.1 Å². The zero-order valence-corrected chi connectivity index (χ0v) is 11.1. The van der Waals surface area contributed by atoms with Crippen LogP contribution in [0.2, 0.25) is 0 Å². The lowest BCUT2D eigenvalue weighted by Gasteiger charge is -2.24. The third-order valence-corrected chi connectivity index (χ3v) is 3.55. The summed E-state index contributed by atoms with van der Waals surface area (Å²) in [6.45, 7) is 4.41. The fourth-order valence-corrected chi connectivity index (χ4v) is 2.55. The van der Waals surface area contributed by atoms with E-state index in [1.54, 1.807) is 0 Å². The molecule has 1 aliphatic rings. The van der Waals surface area contributed by atoms with Crippen molar-refractivity contribution in [3.8, 4) is 11.8 Å². The Kier molecular flexibility index (Phi) is 4.22. The van der Waals surface area contributed by atoms with Crippen LogP contribution in [0.3, 0.4) is 0 Å². The van der Waals surface area contributed by atoms with Crippen molar-refractivity contribution in [1.29, 1.82) is 5.26 Å². The molecule has 1 aromatic carbocycles. The van der Waals surface area contributed by atoms with Crippen LogP contribution in [0.15, 0.2) is 24.3 Å². The van der Waals surface area contributed by atoms with Crippen LogP contribution in [-0.2, 0) is 0 Å². The van der Waals surface area contributed by atoms with Crippen molar-refractivity contribution >= 4 is 0 Å². The number of benzene rings is 1. The van der Waals surface area contributed by atoms with Gasteiger partial charge in [-0.2, -0.15) is 5.26 Å². The summed E-state index contributed by atoms with van der Waals surface area (Å²) in [6, 6.07) is 9.68. The number of hydrogen-bond donors (Lipinski definition) is 0. The average molecular weight is 244 g/mol. The molecule has 3 nitrogen and oxygen atoms in total. The maximum Gasteiger partial charge on any atom is 0.137 e. The molecule has 96 valence electrons. The molecular formula is C15H20N2O. The van der Waals surface area contributed by atoms with Crippen molar-refractivity contribution in [3.63, 3.8) is 0 Å². The predicted octanol–water partition coefficient (Wildman–Crippen LogP) is 2.67. The second-order valence-electron chi connectivity index (χ2n) is 5.15. The lowest BCUT2D eigenvalue weighted by molar-refractivity contribution is 0.131. The Morgan fingerprint density at radius 3 is 2.94 bits per heavy atom. The number of ether oxygens (including phenoxy) is 1. The van der Waals surface area contributed by atoms with Gasteiger partial charge in [-0.25, -0.2) is 0 Å². The van der Waals surface area contributed by atoms with E-state index in [4.69, 9.17) is 10.00 Å². The second-order valence-corrected chi connectivity index (χ2v) is 5.15. The van der Waals surface area contributed by atoms with Gasteiger partial charge in [-0.05, 0) is 38.6 Å². The molecule has 0 aliphatic carbocycles. The Morgan fingerprint density at radius 2 is 2.17 bits per heavy atom. The van der Waals surface area contributed by atoms with Gasteiger partial charge in [-0.15, -0.1) is 0 Å². The van der Waals surface area contributed by atoms with Crippen LogP contribution < -0.4 is 4.74 Å². The molecule has 2 atom stereocenters. The second kappa shape index (κ2) is 5.88. The first-order chi connectivity index (χ1) is 8.70. The van der Waals surface area contributed by atoms with Gasteiger partial charge < -0.3 is 9.64 Å².